The van der Waals surface area contributed by atoms with Crippen molar-refractivity contribution < 1.29 is 14.0 Å². The Morgan fingerprint density at radius 2 is 2.08 bits per heavy atom. The van der Waals surface area contributed by atoms with Crippen LogP contribution in [0.3, 0.4) is 0 Å². The lowest BCUT2D eigenvalue weighted by Crippen LogP contribution is -2.55. The van der Waals surface area contributed by atoms with Gasteiger partial charge in [-0.25, -0.2) is 4.39 Å². The van der Waals surface area contributed by atoms with Crippen molar-refractivity contribution in [2.24, 2.45) is 11.8 Å². The third-order valence-corrected chi connectivity index (χ3v) is 6.05. The highest BCUT2D eigenvalue weighted by Gasteiger charge is 2.38. The summed E-state index contributed by atoms with van der Waals surface area (Å²) in [5.74, 6) is 1.12. The van der Waals surface area contributed by atoms with Crippen LogP contribution < -0.4 is 10.6 Å². The Morgan fingerprint density at radius 3 is 2.83 bits per heavy atom. The molecule has 2 fully saturated rings. The van der Waals surface area contributed by atoms with Crippen molar-refractivity contribution >= 4 is 23.6 Å². The molecule has 1 aromatic carbocycles. The van der Waals surface area contributed by atoms with Crippen LogP contribution in [0, 0.1) is 17.7 Å². The third-order valence-electron chi connectivity index (χ3n) is 5.04. The fourth-order valence-electron chi connectivity index (χ4n) is 3.83. The predicted molar refractivity (Wildman–Crippen MR) is 92.1 cm³/mol. The number of carbonyl (C=O) groups is 2. The highest BCUT2D eigenvalue weighted by atomic mass is 32.2. The van der Waals surface area contributed by atoms with Crippen LogP contribution in [0.15, 0.2) is 29.2 Å². The summed E-state index contributed by atoms with van der Waals surface area (Å²) < 4.78 is 12.9. The van der Waals surface area contributed by atoms with Crippen molar-refractivity contribution in [1.82, 2.24) is 10.6 Å². The summed E-state index contributed by atoms with van der Waals surface area (Å²) >= 11 is 1.40. The van der Waals surface area contributed by atoms with Crippen LogP contribution >= 0.6 is 11.8 Å². The van der Waals surface area contributed by atoms with E-state index in [1.807, 2.05) is 0 Å². The topological polar surface area (TPSA) is 58.2 Å². The Morgan fingerprint density at radius 1 is 1.33 bits per heavy atom. The fourth-order valence-corrected chi connectivity index (χ4v) is 4.54. The molecule has 4 atom stereocenters. The number of amides is 2. The maximum atomic E-state index is 12.9. The molecular weight excluding hydrogens is 327 g/mol. The first-order valence-corrected chi connectivity index (χ1v) is 9.47. The van der Waals surface area contributed by atoms with Crippen molar-refractivity contribution in [2.75, 3.05) is 5.75 Å². The smallest absolute Gasteiger partial charge is 0.230 e. The zero-order valence-corrected chi connectivity index (χ0v) is 14.6. The van der Waals surface area contributed by atoms with Crippen molar-refractivity contribution in [2.45, 2.75) is 49.6 Å². The lowest BCUT2D eigenvalue weighted by atomic mass is 9.72. The zero-order valence-electron chi connectivity index (χ0n) is 13.8. The van der Waals surface area contributed by atoms with E-state index in [1.165, 1.54) is 23.9 Å². The summed E-state index contributed by atoms with van der Waals surface area (Å²) in [5.41, 5.74) is 0. The van der Waals surface area contributed by atoms with Gasteiger partial charge in [-0.15, -0.1) is 11.8 Å². The van der Waals surface area contributed by atoms with Gasteiger partial charge in [0.2, 0.25) is 11.8 Å². The van der Waals surface area contributed by atoms with Gasteiger partial charge in [-0.3, -0.25) is 9.59 Å². The summed E-state index contributed by atoms with van der Waals surface area (Å²) in [7, 11) is 0. The van der Waals surface area contributed by atoms with Gasteiger partial charge in [-0.1, -0.05) is 6.92 Å². The Hall–Kier alpha value is -1.56. The normalized spacial score (nSPS) is 29.5. The molecule has 4 unspecified atom stereocenters. The Labute approximate surface area is 146 Å². The van der Waals surface area contributed by atoms with Crippen LogP contribution in [0.2, 0.25) is 0 Å². The minimum Gasteiger partial charge on any atom is -0.353 e. The van der Waals surface area contributed by atoms with E-state index in [0.717, 1.165) is 24.2 Å². The summed E-state index contributed by atoms with van der Waals surface area (Å²) in [6.45, 7) is 2.15. The maximum Gasteiger partial charge on any atom is 0.230 e. The van der Waals surface area contributed by atoms with Crippen LogP contribution in [0.4, 0.5) is 4.39 Å². The third kappa shape index (κ3) is 4.29. The van der Waals surface area contributed by atoms with Crippen LogP contribution in [0.1, 0.15) is 32.6 Å². The van der Waals surface area contributed by atoms with Gasteiger partial charge in [0, 0.05) is 23.4 Å². The monoisotopic (exact) mass is 350 g/mol. The van der Waals surface area contributed by atoms with E-state index in [0.29, 0.717) is 24.0 Å². The van der Waals surface area contributed by atoms with E-state index in [4.69, 9.17) is 0 Å². The molecule has 1 saturated heterocycles. The number of rotatable bonds is 4. The highest BCUT2D eigenvalue weighted by Crippen LogP contribution is 2.35. The number of carbonyl (C=O) groups excluding carboxylic acids is 2. The van der Waals surface area contributed by atoms with Crippen LogP contribution in [0.5, 0.6) is 0 Å². The molecule has 1 aliphatic carbocycles. The van der Waals surface area contributed by atoms with Crippen molar-refractivity contribution in [3.63, 3.8) is 0 Å². The standard InChI is InChI=1S/C18H23FN2O2S/c1-11-8-17(22)21-16-9-13(4-7-15(11)16)20-18(23)10-24-14-5-2-12(19)3-6-14/h2-3,5-6,11,13,15-16H,4,7-10H2,1H3,(H,20,23)(H,21,22). The van der Waals surface area contributed by atoms with E-state index in [9.17, 15) is 14.0 Å². The van der Waals surface area contributed by atoms with E-state index in [1.54, 1.807) is 12.1 Å². The first kappa shape index (κ1) is 17.3. The second kappa shape index (κ2) is 7.55. The lowest BCUT2D eigenvalue weighted by molar-refractivity contribution is -0.127. The zero-order chi connectivity index (χ0) is 17.1. The fraction of sp³-hybridized carbons (Fsp3) is 0.556. The molecule has 130 valence electrons. The van der Waals surface area contributed by atoms with Crippen molar-refractivity contribution in [1.29, 1.82) is 0 Å². The molecule has 1 heterocycles. The van der Waals surface area contributed by atoms with Gasteiger partial charge < -0.3 is 10.6 Å². The largest absolute Gasteiger partial charge is 0.353 e. The van der Waals surface area contributed by atoms with Gasteiger partial charge in [0.05, 0.1) is 5.75 Å². The van der Waals surface area contributed by atoms with E-state index in [2.05, 4.69) is 17.6 Å². The molecule has 0 bridgehead atoms. The molecule has 0 spiro atoms. The lowest BCUT2D eigenvalue weighted by Gasteiger charge is -2.43. The molecular formula is C18H23FN2O2S. The second-order valence-corrected chi connectivity index (χ2v) is 7.89. The summed E-state index contributed by atoms with van der Waals surface area (Å²) in [6, 6.07) is 6.46. The number of hydrogen-bond acceptors (Lipinski definition) is 3. The number of hydrogen-bond donors (Lipinski definition) is 2. The van der Waals surface area contributed by atoms with Gasteiger partial charge in [0.15, 0.2) is 0 Å². The molecule has 24 heavy (non-hydrogen) atoms. The summed E-state index contributed by atoms with van der Waals surface area (Å²) in [6.07, 6.45) is 3.44. The maximum absolute atomic E-state index is 12.9. The molecule has 0 radical (unpaired) electrons. The highest BCUT2D eigenvalue weighted by molar-refractivity contribution is 8.00. The van der Waals surface area contributed by atoms with Gasteiger partial charge >= 0.3 is 0 Å². The van der Waals surface area contributed by atoms with E-state index < -0.39 is 0 Å². The number of piperidine rings is 1. The summed E-state index contributed by atoms with van der Waals surface area (Å²) in [5, 5.41) is 6.16. The number of halogens is 1. The average Bonchev–Trinajstić information content (AvgIpc) is 2.54. The van der Waals surface area contributed by atoms with Crippen LogP contribution in [-0.2, 0) is 9.59 Å². The average molecular weight is 350 g/mol. The quantitative estimate of drug-likeness (QED) is 0.821. The molecule has 2 amide bonds. The van der Waals surface area contributed by atoms with Crippen molar-refractivity contribution in [3.8, 4) is 0 Å². The number of thioether (sulfide) groups is 1. The van der Waals surface area contributed by atoms with Gasteiger partial charge in [0.25, 0.3) is 0 Å². The molecule has 1 saturated carbocycles. The van der Waals surface area contributed by atoms with Gasteiger partial charge in [0.1, 0.15) is 5.82 Å². The van der Waals surface area contributed by atoms with Crippen LogP contribution in [0.25, 0.3) is 0 Å². The summed E-state index contributed by atoms with van der Waals surface area (Å²) in [4.78, 5) is 24.7. The van der Waals surface area contributed by atoms with Crippen molar-refractivity contribution in [3.05, 3.63) is 30.1 Å². The molecule has 1 aliphatic heterocycles. The predicted octanol–water partition coefficient (Wildman–Crippen LogP) is 2.73. The molecule has 2 N–H and O–H groups in total. The Balaban J connectivity index is 1.46. The first-order chi connectivity index (χ1) is 11.5. The molecule has 0 aromatic heterocycles. The molecule has 6 heteroatoms. The second-order valence-electron chi connectivity index (χ2n) is 6.84. The molecule has 2 aliphatic rings. The first-order valence-electron chi connectivity index (χ1n) is 8.48. The van der Waals surface area contributed by atoms with E-state index >= 15 is 0 Å². The van der Waals surface area contributed by atoms with Gasteiger partial charge in [-0.05, 0) is 55.4 Å². The number of nitrogens with one attached hydrogen (secondary N) is 2. The Kier molecular flexibility index (Phi) is 5.43. The molecule has 1 aromatic rings. The van der Waals surface area contributed by atoms with E-state index in [-0.39, 0.29) is 29.7 Å². The van der Waals surface area contributed by atoms with Gasteiger partial charge in [-0.2, -0.15) is 0 Å². The minimum absolute atomic E-state index is 0.0111. The Bertz CT molecular complexity index is 608. The van der Waals surface area contributed by atoms with Crippen LogP contribution in [-0.4, -0.2) is 29.7 Å². The number of fused-ring (bicyclic) bond motifs is 1. The molecule has 3 rings (SSSR count). The minimum atomic E-state index is -0.274. The number of benzene rings is 1. The molecule has 4 nitrogen and oxygen atoms in total. The SMILES string of the molecule is CC1CC(=O)NC2CC(NC(=O)CSc3ccc(F)cc3)CCC12.